The summed E-state index contributed by atoms with van der Waals surface area (Å²) in [5.41, 5.74) is 0.860. The van der Waals surface area contributed by atoms with Crippen molar-refractivity contribution in [3.63, 3.8) is 0 Å². The molecule has 0 saturated carbocycles. The van der Waals surface area contributed by atoms with Crippen LogP contribution in [0.15, 0.2) is 12.2 Å². The van der Waals surface area contributed by atoms with Crippen LogP contribution in [-0.2, 0) is 0 Å². The molecule has 1 rings (SSSR count). The van der Waals surface area contributed by atoms with E-state index in [-0.39, 0.29) is 6.10 Å². The standard InChI is InChI=1S/C10H20N2O/c1-9(2)10(13)8-12-6-4-11(3)5-7-12/h10,13H,1,4-8H2,2-3H3. The predicted octanol–water partition coefficient (Wildman–Crippen LogP) is 0.171. The summed E-state index contributed by atoms with van der Waals surface area (Å²) in [6.07, 6.45) is -0.358. The molecule has 0 bridgehead atoms. The number of rotatable bonds is 3. The minimum Gasteiger partial charge on any atom is -0.387 e. The summed E-state index contributed by atoms with van der Waals surface area (Å²) in [4.78, 5) is 4.60. The Bertz CT molecular complexity index is 174. The van der Waals surface area contributed by atoms with Crippen molar-refractivity contribution in [2.75, 3.05) is 39.8 Å². The number of aliphatic hydroxyl groups excluding tert-OH is 1. The fourth-order valence-corrected chi connectivity index (χ4v) is 1.43. The molecule has 0 aromatic rings. The molecule has 1 saturated heterocycles. The van der Waals surface area contributed by atoms with E-state index >= 15 is 0 Å². The van der Waals surface area contributed by atoms with Crippen molar-refractivity contribution < 1.29 is 5.11 Å². The summed E-state index contributed by atoms with van der Waals surface area (Å²) in [6.45, 7) is 10.7. The fourth-order valence-electron chi connectivity index (χ4n) is 1.43. The molecule has 1 aliphatic heterocycles. The number of β-amino-alcohol motifs (C(OH)–C–C–N with tert-alkyl or cyclic N) is 1. The molecule has 1 heterocycles. The Hall–Kier alpha value is -0.380. The zero-order valence-electron chi connectivity index (χ0n) is 8.66. The molecule has 1 fully saturated rings. The first kappa shape index (κ1) is 10.7. The normalized spacial score (nSPS) is 23.0. The molecule has 1 atom stereocenters. The third-order valence-corrected chi connectivity index (χ3v) is 2.60. The number of hydrogen-bond donors (Lipinski definition) is 1. The Kier molecular flexibility index (Phi) is 3.90. The first-order valence-corrected chi connectivity index (χ1v) is 4.84. The number of piperazine rings is 1. The van der Waals surface area contributed by atoms with Crippen LogP contribution in [0.4, 0.5) is 0 Å². The predicted molar refractivity (Wildman–Crippen MR) is 54.8 cm³/mol. The van der Waals surface area contributed by atoms with Gasteiger partial charge in [0.05, 0.1) is 6.10 Å². The van der Waals surface area contributed by atoms with E-state index in [1.165, 1.54) is 0 Å². The van der Waals surface area contributed by atoms with Gasteiger partial charge < -0.3 is 10.0 Å². The highest BCUT2D eigenvalue weighted by atomic mass is 16.3. The first-order chi connectivity index (χ1) is 6.09. The van der Waals surface area contributed by atoms with Gasteiger partial charge in [0, 0.05) is 32.7 Å². The van der Waals surface area contributed by atoms with E-state index in [9.17, 15) is 5.11 Å². The van der Waals surface area contributed by atoms with Crippen molar-refractivity contribution in [2.24, 2.45) is 0 Å². The van der Waals surface area contributed by atoms with Gasteiger partial charge in [0.2, 0.25) is 0 Å². The van der Waals surface area contributed by atoms with Crippen LogP contribution in [0.1, 0.15) is 6.92 Å². The van der Waals surface area contributed by atoms with Crippen LogP contribution in [0.25, 0.3) is 0 Å². The van der Waals surface area contributed by atoms with Crippen molar-refractivity contribution in [1.29, 1.82) is 0 Å². The van der Waals surface area contributed by atoms with Gasteiger partial charge in [-0.05, 0) is 14.0 Å². The zero-order valence-corrected chi connectivity index (χ0v) is 8.66. The van der Waals surface area contributed by atoms with Crippen LogP contribution in [0.3, 0.4) is 0 Å². The van der Waals surface area contributed by atoms with Gasteiger partial charge in [-0.25, -0.2) is 0 Å². The molecular formula is C10H20N2O. The Labute approximate surface area is 80.6 Å². The van der Waals surface area contributed by atoms with Gasteiger partial charge >= 0.3 is 0 Å². The van der Waals surface area contributed by atoms with Crippen LogP contribution in [0.2, 0.25) is 0 Å². The molecule has 3 heteroatoms. The monoisotopic (exact) mass is 184 g/mol. The molecule has 1 N–H and O–H groups in total. The Morgan fingerprint density at radius 2 is 1.92 bits per heavy atom. The summed E-state index contributed by atoms with van der Waals surface area (Å²) in [7, 11) is 2.13. The highest BCUT2D eigenvalue weighted by molar-refractivity contribution is 4.98. The van der Waals surface area contributed by atoms with Crippen LogP contribution in [0, 0.1) is 0 Å². The summed E-state index contributed by atoms with van der Waals surface area (Å²) < 4.78 is 0. The van der Waals surface area contributed by atoms with Crippen LogP contribution >= 0.6 is 0 Å². The Morgan fingerprint density at radius 3 is 2.38 bits per heavy atom. The molecule has 3 nitrogen and oxygen atoms in total. The van der Waals surface area contributed by atoms with Gasteiger partial charge in [-0.15, -0.1) is 0 Å². The summed E-state index contributed by atoms with van der Waals surface area (Å²) in [6, 6.07) is 0. The van der Waals surface area contributed by atoms with Gasteiger partial charge in [0.25, 0.3) is 0 Å². The average molecular weight is 184 g/mol. The summed E-state index contributed by atoms with van der Waals surface area (Å²) in [5, 5.41) is 9.59. The zero-order chi connectivity index (χ0) is 9.84. The van der Waals surface area contributed by atoms with Crippen molar-refractivity contribution >= 4 is 0 Å². The molecular weight excluding hydrogens is 164 g/mol. The Balaban J connectivity index is 2.26. The molecule has 1 aliphatic rings. The van der Waals surface area contributed by atoms with Gasteiger partial charge in [0.1, 0.15) is 0 Å². The van der Waals surface area contributed by atoms with E-state index in [0.717, 1.165) is 38.3 Å². The molecule has 1 unspecified atom stereocenters. The molecule has 0 aromatic carbocycles. The lowest BCUT2D eigenvalue weighted by Crippen LogP contribution is -2.47. The second-order valence-corrected chi connectivity index (χ2v) is 3.97. The molecule has 76 valence electrons. The minimum atomic E-state index is -0.358. The van der Waals surface area contributed by atoms with Gasteiger partial charge in [-0.2, -0.15) is 0 Å². The van der Waals surface area contributed by atoms with Crippen molar-refractivity contribution in [2.45, 2.75) is 13.0 Å². The van der Waals surface area contributed by atoms with E-state index < -0.39 is 0 Å². The lowest BCUT2D eigenvalue weighted by molar-refractivity contribution is 0.0975. The maximum absolute atomic E-state index is 9.59. The van der Waals surface area contributed by atoms with Crippen LogP contribution < -0.4 is 0 Å². The van der Waals surface area contributed by atoms with Crippen LogP contribution in [-0.4, -0.2) is 60.8 Å². The van der Waals surface area contributed by atoms with E-state index in [1.54, 1.807) is 0 Å². The molecule has 0 radical (unpaired) electrons. The maximum Gasteiger partial charge on any atom is 0.0871 e. The average Bonchev–Trinajstić information content (AvgIpc) is 2.08. The molecule has 0 aliphatic carbocycles. The maximum atomic E-state index is 9.59. The number of nitrogens with zero attached hydrogens (tertiary/aromatic N) is 2. The van der Waals surface area contributed by atoms with Crippen LogP contribution in [0.5, 0.6) is 0 Å². The van der Waals surface area contributed by atoms with E-state index in [0.29, 0.717) is 0 Å². The quantitative estimate of drug-likeness (QED) is 0.633. The SMILES string of the molecule is C=C(C)C(O)CN1CCN(C)CC1. The second kappa shape index (κ2) is 4.74. The smallest absolute Gasteiger partial charge is 0.0871 e. The van der Waals surface area contributed by atoms with E-state index in [2.05, 4.69) is 23.4 Å². The van der Waals surface area contributed by atoms with E-state index in [1.807, 2.05) is 6.92 Å². The van der Waals surface area contributed by atoms with Gasteiger partial charge in [-0.1, -0.05) is 12.2 Å². The lowest BCUT2D eigenvalue weighted by Gasteiger charge is -2.33. The lowest BCUT2D eigenvalue weighted by atomic mass is 10.2. The van der Waals surface area contributed by atoms with Crippen molar-refractivity contribution in [3.05, 3.63) is 12.2 Å². The molecule has 13 heavy (non-hydrogen) atoms. The van der Waals surface area contributed by atoms with Gasteiger partial charge in [-0.3, -0.25) is 4.90 Å². The highest BCUT2D eigenvalue weighted by Gasteiger charge is 2.16. The van der Waals surface area contributed by atoms with Crippen molar-refractivity contribution in [3.8, 4) is 0 Å². The molecule has 0 amide bonds. The third kappa shape index (κ3) is 3.46. The van der Waals surface area contributed by atoms with E-state index in [4.69, 9.17) is 0 Å². The summed E-state index contributed by atoms with van der Waals surface area (Å²) >= 11 is 0. The first-order valence-electron chi connectivity index (χ1n) is 4.84. The van der Waals surface area contributed by atoms with Crippen molar-refractivity contribution in [1.82, 2.24) is 9.80 Å². The van der Waals surface area contributed by atoms with Gasteiger partial charge in [0.15, 0.2) is 0 Å². The number of hydrogen-bond acceptors (Lipinski definition) is 3. The molecule has 0 aromatic heterocycles. The Morgan fingerprint density at radius 1 is 1.38 bits per heavy atom. The third-order valence-electron chi connectivity index (χ3n) is 2.60. The largest absolute Gasteiger partial charge is 0.387 e. The minimum absolute atomic E-state index is 0.358. The molecule has 0 spiro atoms. The number of aliphatic hydroxyl groups is 1. The highest BCUT2D eigenvalue weighted by Crippen LogP contribution is 2.04. The topological polar surface area (TPSA) is 26.7 Å². The summed E-state index contributed by atoms with van der Waals surface area (Å²) in [5.74, 6) is 0. The second-order valence-electron chi connectivity index (χ2n) is 3.97. The fraction of sp³-hybridized carbons (Fsp3) is 0.800. The number of likely N-dealkylation sites (N-methyl/N-ethyl adjacent to an activating group) is 1.